The van der Waals surface area contributed by atoms with Crippen LogP contribution in [-0.2, 0) is 4.74 Å². The van der Waals surface area contributed by atoms with Crippen LogP contribution in [0.4, 0.5) is 0 Å². The van der Waals surface area contributed by atoms with E-state index in [0.29, 0.717) is 29.6 Å². The molecule has 0 bridgehead atoms. The van der Waals surface area contributed by atoms with Crippen molar-refractivity contribution < 1.29 is 14.2 Å². The standard InChI is InChI=1S/C26H26N6O3/c1-14-15(2)29-26-24(28-14)23(16-3-6-20-22(9-16)35-13-34-20)30-25(31-26)17-7-8-33-21(10-17)18-11-27-32(12-18)19-4-5-19/h3,6,9,11-12,17,19,21H,4-5,7-8,10,13H2,1-2H3/t17-,21+/m1/s1. The van der Waals surface area contributed by atoms with Crippen LogP contribution in [0.3, 0.4) is 0 Å². The molecule has 1 aliphatic carbocycles. The number of aromatic nitrogens is 6. The average molecular weight is 471 g/mol. The van der Waals surface area contributed by atoms with E-state index in [4.69, 9.17) is 34.1 Å². The summed E-state index contributed by atoms with van der Waals surface area (Å²) >= 11 is 0. The van der Waals surface area contributed by atoms with Crippen LogP contribution in [0.2, 0.25) is 0 Å². The maximum Gasteiger partial charge on any atom is 0.231 e. The lowest BCUT2D eigenvalue weighted by Crippen LogP contribution is -2.20. The quantitative estimate of drug-likeness (QED) is 0.427. The number of nitrogens with zero attached hydrogens (tertiary/aromatic N) is 6. The van der Waals surface area contributed by atoms with Crippen molar-refractivity contribution in [1.82, 2.24) is 29.7 Å². The summed E-state index contributed by atoms with van der Waals surface area (Å²) in [6.07, 6.45) is 8.16. The molecule has 35 heavy (non-hydrogen) atoms. The Labute approximate surface area is 202 Å². The van der Waals surface area contributed by atoms with Crippen molar-refractivity contribution in [3.63, 3.8) is 0 Å². The molecular weight excluding hydrogens is 444 g/mol. The second-order valence-electron chi connectivity index (χ2n) is 9.63. The van der Waals surface area contributed by atoms with Crippen molar-refractivity contribution in [3.8, 4) is 22.8 Å². The first kappa shape index (κ1) is 20.8. The zero-order valence-corrected chi connectivity index (χ0v) is 19.8. The fourth-order valence-corrected chi connectivity index (χ4v) is 4.88. The summed E-state index contributed by atoms with van der Waals surface area (Å²) < 4.78 is 19.3. The Kier molecular flexibility index (Phi) is 4.73. The molecule has 0 N–H and O–H groups in total. The fraction of sp³-hybridized carbons (Fsp3) is 0.423. The van der Waals surface area contributed by atoms with E-state index in [-0.39, 0.29) is 18.8 Å². The Balaban J connectivity index is 1.29. The molecule has 5 heterocycles. The number of fused-ring (bicyclic) bond motifs is 2. The van der Waals surface area contributed by atoms with Crippen molar-refractivity contribution in [2.24, 2.45) is 0 Å². The monoisotopic (exact) mass is 470 g/mol. The Morgan fingerprint density at radius 1 is 0.943 bits per heavy atom. The second kappa shape index (κ2) is 7.98. The van der Waals surface area contributed by atoms with Gasteiger partial charge in [0.15, 0.2) is 17.1 Å². The molecule has 2 atom stereocenters. The van der Waals surface area contributed by atoms with Gasteiger partial charge in [-0.15, -0.1) is 0 Å². The van der Waals surface area contributed by atoms with E-state index in [2.05, 4.69) is 16.0 Å². The molecule has 3 aliphatic rings. The van der Waals surface area contributed by atoms with E-state index in [1.54, 1.807) is 0 Å². The molecular formula is C26H26N6O3. The lowest BCUT2D eigenvalue weighted by Gasteiger charge is -2.28. The predicted octanol–water partition coefficient (Wildman–Crippen LogP) is 4.60. The van der Waals surface area contributed by atoms with E-state index in [9.17, 15) is 0 Å². The van der Waals surface area contributed by atoms with Crippen LogP contribution >= 0.6 is 0 Å². The van der Waals surface area contributed by atoms with E-state index in [0.717, 1.165) is 52.6 Å². The summed E-state index contributed by atoms with van der Waals surface area (Å²) in [5, 5.41) is 4.56. The maximum atomic E-state index is 6.15. The van der Waals surface area contributed by atoms with Crippen LogP contribution in [0.5, 0.6) is 11.5 Å². The summed E-state index contributed by atoms with van der Waals surface area (Å²) in [6, 6.07) is 6.43. The molecule has 0 spiro atoms. The molecule has 9 nitrogen and oxygen atoms in total. The normalized spacial score (nSPS) is 21.5. The van der Waals surface area contributed by atoms with E-state index >= 15 is 0 Å². The van der Waals surface area contributed by atoms with Gasteiger partial charge in [0.25, 0.3) is 0 Å². The van der Waals surface area contributed by atoms with Gasteiger partial charge in [-0.3, -0.25) is 4.68 Å². The van der Waals surface area contributed by atoms with Gasteiger partial charge in [-0.25, -0.2) is 19.9 Å². The lowest BCUT2D eigenvalue weighted by atomic mass is 9.92. The summed E-state index contributed by atoms with van der Waals surface area (Å²) in [5.41, 5.74) is 5.87. The number of ether oxygens (including phenoxy) is 3. The molecule has 1 saturated heterocycles. The number of hydrogen-bond acceptors (Lipinski definition) is 8. The Hall–Kier alpha value is -3.59. The van der Waals surface area contributed by atoms with Gasteiger partial charge in [-0.05, 0) is 57.7 Å². The predicted molar refractivity (Wildman–Crippen MR) is 127 cm³/mol. The number of rotatable bonds is 4. The van der Waals surface area contributed by atoms with Crippen LogP contribution in [0.25, 0.3) is 22.4 Å². The SMILES string of the molecule is Cc1nc2nc([C@@H]3CCO[C@H](c4cnn(C5CC5)c4)C3)nc(-c3ccc4c(c3)OCO4)c2nc1C. The van der Waals surface area contributed by atoms with Gasteiger partial charge in [-0.2, -0.15) is 5.10 Å². The Morgan fingerprint density at radius 2 is 1.80 bits per heavy atom. The van der Waals surface area contributed by atoms with Crippen LogP contribution in [0.15, 0.2) is 30.6 Å². The first-order chi connectivity index (χ1) is 17.1. The van der Waals surface area contributed by atoms with Crippen molar-refractivity contribution in [3.05, 3.63) is 53.4 Å². The van der Waals surface area contributed by atoms with E-state index in [1.807, 2.05) is 38.2 Å². The molecule has 2 aliphatic heterocycles. The van der Waals surface area contributed by atoms with Crippen molar-refractivity contribution >= 4 is 11.2 Å². The van der Waals surface area contributed by atoms with Crippen LogP contribution in [0, 0.1) is 13.8 Å². The molecule has 178 valence electrons. The van der Waals surface area contributed by atoms with Crippen molar-refractivity contribution in [2.45, 2.75) is 57.6 Å². The lowest BCUT2D eigenvalue weighted by molar-refractivity contribution is 0.00396. The highest BCUT2D eigenvalue weighted by molar-refractivity contribution is 5.87. The smallest absolute Gasteiger partial charge is 0.231 e. The minimum absolute atomic E-state index is 0.0135. The zero-order valence-electron chi connectivity index (χ0n) is 19.8. The molecule has 9 heteroatoms. The molecule has 1 aromatic carbocycles. The van der Waals surface area contributed by atoms with E-state index in [1.165, 1.54) is 12.8 Å². The second-order valence-corrected chi connectivity index (χ2v) is 9.63. The Bertz CT molecular complexity index is 1450. The third-order valence-corrected chi connectivity index (χ3v) is 7.17. The van der Waals surface area contributed by atoms with Crippen LogP contribution in [-0.4, -0.2) is 43.1 Å². The first-order valence-electron chi connectivity index (χ1n) is 12.2. The average Bonchev–Trinajstić information content (AvgIpc) is 3.41. The third-order valence-electron chi connectivity index (χ3n) is 7.17. The molecule has 0 amide bonds. The largest absolute Gasteiger partial charge is 0.454 e. The first-order valence-corrected chi connectivity index (χ1v) is 12.2. The van der Waals surface area contributed by atoms with Gasteiger partial charge in [0.1, 0.15) is 17.0 Å². The van der Waals surface area contributed by atoms with Gasteiger partial charge in [0.2, 0.25) is 6.79 Å². The summed E-state index contributed by atoms with van der Waals surface area (Å²) in [7, 11) is 0. The minimum atomic E-state index is -0.0135. The molecule has 3 aromatic heterocycles. The van der Waals surface area contributed by atoms with Crippen LogP contribution in [0.1, 0.15) is 66.5 Å². The van der Waals surface area contributed by atoms with Gasteiger partial charge in [0.05, 0.1) is 29.7 Å². The zero-order chi connectivity index (χ0) is 23.5. The Morgan fingerprint density at radius 3 is 2.69 bits per heavy atom. The molecule has 0 unspecified atom stereocenters. The molecule has 7 rings (SSSR count). The van der Waals surface area contributed by atoms with Crippen LogP contribution < -0.4 is 9.47 Å². The van der Waals surface area contributed by atoms with E-state index < -0.39 is 0 Å². The third kappa shape index (κ3) is 3.70. The highest BCUT2D eigenvalue weighted by Gasteiger charge is 2.31. The summed E-state index contributed by atoms with van der Waals surface area (Å²) in [5.74, 6) is 2.39. The molecule has 4 aromatic rings. The van der Waals surface area contributed by atoms with Gasteiger partial charge >= 0.3 is 0 Å². The highest BCUT2D eigenvalue weighted by Crippen LogP contribution is 2.41. The molecule has 0 radical (unpaired) electrons. The van der Waals surface area contributed by atoms with Crippen molar-refractivity contribution in [2.75, 3.05) is 13.4 Å². The maximum absolute atomic E-state index is 6.15. The van der Waals surface area contributed by atoms with Gasteiger partial charge < -0.3 is 14.2 Å². The molecule has 2 fully saturated rings. The number of benzene rings is 1. The molecule has 1 saturated carbocycles. The minimum Gasteiger partial charge on any atom is -0.454 e. The number of aryl methyl sites for hydroxylation is 2. The summed E-state index contributed by atoms with van der Waals surface area (Å²) in [4.78, 5) is 19.6. The van der Waals surface area contributed by atoms with Gasteiger partial charge in [-0.1, -0.05) is 0 Å². The summed E-state index contributed by atoms with van der Waals surface area (Å²) in [6.45, 7) is 4.81. The van der Waals surface area contributed by atoms with Crippen molar-refractivity contribution in [1.29, 1.82) is 0 Å². The van der Waals surface area contributed by atoms with Gasteiger partial charge in [0, 0.05) is 29.8 Å². The topological polar surface area (TPSA) is 97.1 Å². The highest BCUT2D eigenvalue weighted by atomic mass is 16.7. The fourth-order valence-electron chi connectivity index (χ4n) is 4.88. The number of hydrogen-bond donors (Lipinski definition) is 0.